The highest BCUT2D eigenvalue weighted by Crippen LogP contribution is 2.41. The van der Waals surface area contributed by atoms with Gasteiger partial charge in [-0.25, -0.2) is 19.6 Å². The first kappa shape index (κ1) is 29.1. The van der Waals surface area contributed by atoms with Crippen LogP contribution in [0, 0.1) is 0 Å². The second-order valence-electron chi connectivity index (χ2n) is 13.4. The molecule has 2 saturated heterocycles. The van der Waals surface area contributed by atoms with E-state index in [0.29, 0.717) is 0 Å². The van der Waals surface area contributed by atoms with E-state index >= 15 is 0 Å². The predicted molar refractivity (Wildman–Crippen MR) is 178 cm³/mol. The largest absolute Gasteiger partial charge is 0.341 e. The Bertz CT molecular complexity index is 1670. The molecule has 0 amide bonds. The molecule has 8 nitrogen and oxygen atoms in total. The van der Waals surface area contributed by atoms with Crippen molar-refractivity contribution in [3.05, 3.63) is 83.7 Å². The zero-order chi connectivity index (χ0) is 31.0. The van der Waals surface area contributed by atoms with Crippen molar-refractivity contribution in [1.82, 2.24) is 29.7 Å². The van der Waals surface area contributed by atoms with Gasteiger partial charge in [-0.2, -0.15) is 0 Å². The third-order valence-corrected chi connectivity index (χ3v) is 10.9. The third kappa shape index (κ3) is 5.32. The number of benzene rings is 2. The number of hydrogen-bond donors (Lipinski definition) is 2. The third-order valence-electron chi connectivity index (χ3n) is 10.9. The van der Waals surface area contributed by atoms with Gasteiger partial charge in [0, 0.05) is 23.2 Å². The van der Waals surface area contributed by atoms with Crippen LogP contribution in [0.2, 0.25) is 0 Å². The molecule has 2 N–H and O–H groups in total. The molecule has 2 aliphatic heterocycles. The van der Waals surface area contributed by atoms with Crippen LogP contribution < -0.4 is 0 Å². The van der Waals surface area contributed by atoms with Crippen LogP contribution in [0.5, 0.6) is 0 Å². The van der Waals surface area contributed by atoms with Gasteiger partial charge in [-0.1, -0.05) is 48.5 Å². The molecule has 2 aromatic carbocycles. The molecule has 4 aliphatic rings. The summed E-state index contributed by atoms with van der Waals surface area (Å²) in [5, 5.41) is 0. The molecular formula is C38H40N6O2. The summed E-state index contributed by atoms with van der Waals surface area (Å²) < 4.78 is 0. The molecular weight excluding hydrogens is 572 g/mol. The highest BCUT2D eigenvalue weighted by Gasteiger charge is 2.38. The lowest BCUT2D eigenvalue weighted by Gasteiger charge is -2.29. The highest BCUT2D eigenvalue weighted by atomic mass is 16.1. The average molecular weight is 613 g/mol. The first-order valence-corrected chi connectivity index (χ1v) is 17.0. The molecule has 234 valence electrons. The van der Waals surface area contributed by atoms with Gasteiger partial charge < -0.3 is 9.97 Å². The maximum atomic E-state index is 11.5. The van der Waals surface area contributed by atoms with Crippen LogP contribution in [0.3, 0.4) is 0 Å². The Morgan fingerprint density at radius 1 is 0.543 bits per heavy atom. The van der Waals surface area contributed by atoms with Gasteiger partial charge in [0.05, 0.1) is 35.9 Å². The lowest BCUT2D eigenvalue weighted by atomic mass is 10.0. The minimum atomic E-state index is 0.217. The van der Waals surface area contributed by atoms with Gasteiger partial charge in [-0.05, 0) is 99.6 Å². The number of H-pyrrole nitrogens is 2. The Balaban J connectivity index is 0.944. The molecule has 4 atom stereocenters. The maximum Gasteiger partial charge on any atom is 0.125 e. The summed E-state index contributed by atoms with van der Waals surface area (Å²) in [6, 6.07) is 18.2. The van der Waals surface area contributed by atoms with Gasteiger partial charge in [0.25, 0.3) is 0 Å². The molecule has 3 unspecified atom stereocenters. The quantitative estimate of drug-likeness (QED) is 0.218. The summed E-state index contributed by atoms with van der Waals surface area (Å²) in [6.45, 7) is 2.01. The SMILES string of the molecule is O=C=C1CCCC1N1CCCC1c1ncc(-c2ccc(-c3ccc(-c4cnc(C5CCCN5[C@H]5CCCC5=C=O)[nH]4)cc3)cc2)[nH]1. The number of likely N-dealkylation sites (tertiary alicyclic amines) is 2. The van der Waals surface area contributed by atoms with Gasteiger partial charge in [0.15, 0.2) is 0 Å². The van der Waals surface area contributed by atoms with Gasteiger partial charge in [-0.15, -0.1) is 0 Å². The van der Waals surface area contributed by atoms with Crippen molar-refractivity contribution >= 4 is 11.9 Å². The van der Waals surface area contributed by atoms with Gasteiger partial charge in [0.2, 0.25) is 0 Å². The number of nitrogens with one attached hydrogen (secondary N) is 2. The van der Waals surface area contributed by atoms with Crippen LogP contribution in [-0.4, -0.2) is 66.8 Å². The van der Waals surface area contributed by atoms with Crippen LogP contribution in [0.4, 0.5) is 0 Å². The van der Waals surface area contributed by atoms with Crippen molar-refractivity contribution in [3.63, 3.8) is 0 Å². The summed E-state index contributed by atoms with van der Waals surface area (Å²) in [6.07, 6.45) is 14.2. The Labute approximate surface area is 269 Å². The van der Waals surface area contributed by atoms with E-state index in [-0.39, 0.29) is 24.2 Å². The lowest BCUT2D eigenvalue weighted by molar-refractivity contribution is 0.201. The molecule has 0 bridgehead atoms. The van der Waals surface area contributed by atoms with E-state index in [1.54, 1.807) is 0 Å². The number of aromatic nitrogens is 4. The summed E-state index contributed by atoms with van der Waals surface area (Å²) in [5.41, 5.74) is 8.43. The smallest absolute Gasteiger partial charge is 0.125 e. The van der Waals surface area contributed by atoms with Crippen molar-refractivity contribution in [1.29, 1.82) is 0 Å². The summed E-state index contributed by atoms with van der Waals surface area (Å²) >= 11 is 0. The number of rotatable bonds is 7. The van der Waals surface area contributed by atoms with Crippen LogP contribution in [0.25, 0.3) is 33.6 Å². The monoisotopic (exact) mass is 612 g/mol. The van der Waals surface area contributed by atoms with E-state index in [1.807, 2.05) is 12.4 Å². The van der Waals surface area contributed by atoms with Crippen LogP contribution in [0.1, 0.15) is 87.9 Å². The molecule has 2 saturated carbocycles. The molecule has 4 fully saturated rings. The van der Waals surface area contributed by atoms with E-state index in [0.717, 1.165) is 134 Å². The topological polar surface area (TPSA) is 98.0 Å². The predicted octanol–water partition coefficient (Wildman–Crippen LogP) is 7.03. The summed E-state index contributed by atoms with van der Waals surface area (Å²) in [4.78, 5) is 44.7. The number of nitrogens with zero attached hydrogens (tertiary/aromatic N) is 4. The fourth-order valence-electron chi connectivity index (χ4n) is 8.52. The maximum absolute atomic E-state index is 11.5. The normalized spacial score (nSPS) is 25.4. The number of carbonyl (C=O) groups excluding carboxylic acids is 2. The fraction of sp³-hybridized carbons (Fsp3) is 0.421. The summed E-state index contributed by atoms with van der Waals surface area (Å²) in [7, 11) is 0. The molecule has 2 aromatic heterocycles. The van der Waals surface area contributed by atoms with Crippen LogP contribution in [-0.2, 0) is 9.59 Å². The number of imidazole rings is 2. The minimum Gasteiger partial charge on any atom is -0.341 e. The lowest BCUT2D eigenvalue weighted by Crippen LogP contribution is -2.34. The van der Waals surface area contributed by atoms with Crippen molar-refractivity contribution in [2.75, 3.05) is 13.1 Å². The number of aromatic amines is 2. The van der Waals surface area contributed by atoms with E-state index in [1.165, 1.54) is 0 Å². The molecule has 2 aliphatic carbocycles. The Morgan fingerprint density at radius 2 is 0.935 bits per heavy atom. The molecule has 4 aromatic rings. The Hall–Kier alpha value is -4.32. The highest BCUT2D eigenvalue weighted by molar-refractivity contribution is 5.71. The zero-order valence-electron chi connectivity index (χ0n) is 26.2. The Kier molecular flexibility index (Phi) is 7.89. The number of hydrogen-bond acceptors (Lipinski definition) is 6. The van der Waals surface area contributed by atoms with Crippen molar-refractivity contribution in [2.45, 2.75) is 88.4 Å². The summed E-state index contributed by atoms with van der Waals surface area (Å²) in [5.74, 6) is 6.44. The second-order valence-corrected chi connectivity index (χ2v) is 13.4. The standard InChI is InChI=1S/C38H40N6O2/c45-23-29-5-1-7-33(29)43-19-3-9-35(43)37-39-21-31(41-37)27-15-11-25(12-16-27)26-13-17-28(18-14-26)32-22-40-38(42-32)36-10-4-20-44(36)34-8-2-6-30(34)24-46/h11-18,21-22,33-36H,1-10,19-20H2,(H,39,41)(H,40,42)/t33-,34?,35?,36?/m0/s1. The van der Waals surface area contributed by atoms with E-state index < -0.39 is 0 Å². The fourth-order valence-corrected chi connectivity index (χ4v) is 8.52. The zero-order valence-corrected chi connectivity index (χ0v) is 26.2. The average Bonchev–Trinajstić information content (AvgIpc) is 3.95. The van der Waals surface area contributed by atoms with E-state index in [2.05, 4.69) is 80.2 Å². The molecule has 46 heavy (non-hydrogen) atoms. The molecule has 0 radical (unpaired) electrons. The molecule has 8 rings (SSSR count). The van der Waals surface area contributed by atoms with E-state index in [4.69, 9.17) is 9.97 Å². The second kappa shape index (κ2) is 12.5. The molecule has 0 spiro atoms. The molecule has 8 heteroatoms. The minimum absolute atomic E-state index is 0.217. The Morgan fingerprint density at radius 3 is 1.35 bits per heavy atom. The van der Waals surface area contributed by atoms with Crippen molar-refractivity contribution < 1.29 is 9.59 Å². The van der Waals surface area contributed by atoms with Crippen molar-refractivity contribution in [2.24, 2.45) is 0 Å². The van der Waals surface area contributed by atoms with Gasteiger partial charge in [-0.3, -0.25) is 9.80 Å². The van der Waals surface area contributed by atoms with Crippen LogP contribution >= 0.6 is 0 Å². The van der Waals surface area contributed by atoms with Gasteiger partial charge in [0.1, 0.15) is 23.5 Å². The van der Waals surface area contributed by atoms with Crippen LogP contribution in [0.15, 0.2) is 72.1 Å². The first-order valence-electron chi connectivity index (χ1n) is 17.0. The van der Waals surface area contributed by atoms with Crippen molar-refractivity contribution in [3.8, 4) is 33.6 Å². The molecule has 4 heterocycles. The van der Waals surface area contributed by atoms with Gasteiger partial charge >= 0.3 is 0 Å². The first-order chi connectivity index (χ1) is 22.7. The van der Waals surface area contributed by atoms with E-state index in [9.17, 15) is 9.59 Å².